The number of benzene rings is 1. The Morgan fingerprint density at radius 2 is 2.06 bits per heavy atom. The van der Waals surface area contributed by atoms with Gasteiger partial charge in [-0.15, -0.1) is 0 Å². The minimum Gasteiger partial charge on any atom is -0.231 e. The molecule has 0 N–H and O–H groups in total. The van der Waals surface area contributed by atoms with Crippen LogP contribution in [-0.2, 0) is 0 Å². The van der Waals surface area contributed by atoms with Crippen molar-refractivity contribution in [3.8, 4) is 0 Å². The number of rotatable bonds is 1. The molecule has 0 aliphatic heterocycles. The van der Waals surface area contributed by atoms with E-state index in [4.69, 9.17) is 11.6 Å². The lowest BCUT2D eigenvalue weighted by atomic mass is 10.2. The fourth-order valence-electron chi connectivity index (χ4n) is 1.66. The summed E-state index contributed by atoms with van der Waals surface area (Å²) in [5.74, 6) is 0.871. The Morgan fingerprint density at radius 3 is 2.75 bits per heavy atom. The summed E-state index contributed by atoms with van der Waals surface area (Å²) in [5, 5.41) is 0.953. The van der Waals surface area contributed by atoms with Crippen molar-refractivity contribution in [3.63, 3.8) is 0 Å². The van der Waals surface area contributed by atoms with Crippen molar-refractivity contribution in [2.45, 2.75) is 18.8 Å². The molecule has 0 amide bonds. The van der Waals surface area contributed by atoms with Gasteiger partial charge in [-0.25, -0.2) is 14.4 Å². The number of hydrogen-bond acceptors (Lipinski definition) is 2. The molecule has 0 radical (unpaired) electrons. The van der Waals surface area contributed by atoms with E-state index in [1.165, 1.54) is 12.1 Å². The quantitative estimate of drug-likeness (QED) is 0.742. The van der Waals surface area contributed by atoms with Gasteiger partial charge in [0.1, 0.15) is 16.2 Å². The molecule has 5 heteroatoms. The average Bonchev–Trinajstić information content (AvgIpc) is 3.02. The summed E-state index contributed by atoms with van der Waals surface area (Å²) in [6.45, 7) is 0. The number of nitrogens with zero attached hydrogens (tertiary/aromatic N) is 2. The highest BCUT2D eigenvalue weighted by Gasteiger charge is 2.27. The van der Waals surface area contributed by atoms with Crippen LogP contribution in [0.25, 0.3) is 10.9 Å². The molecule has 1 fully saturated rings. The first-order valence-corrected chi connectivity index (χ1v) is 6.14. The van der Waals surface area contributed by atoms with Gasteiger partial charge in [0.15, 0.2) is 0 Å². The van der Waals surface area contributed by atoms with E-state index in [0.29, 0.717) is 26.4 Å². The molecule has 1 heterocycles. The third-order valence-electron chi connectivity index (χ3n) is 2.63. The van der Waals surface area contributed by atoms with E-state index in [0.717, 1.165) is 18.7 Å². The Morgan fingerprint density at radius 1 is 1.31 bits per heavy atom. The van der Waals surface area contributed by atoms with Crippen LogP contribution in [0.1, 0.15) is 24.6 Å². The van der Waals surface area contributed by atoms with Crippen molar-refractivity contribution in [2.75, 3.05) is 0 Å². The summed E-state index contributed by atoms with van der Waals surface area (Å²) in [5.41, 5.74) is 0.617. The van der Waals surface area contributed by atoms with Crippen LogP contribution in [-0.4, -0.2) is 9.97 Å². The first-order chi connectivity index (χ1) is 7.65. The maximum Gasteiger partial charge on any atom is 0.133 e. The Balaban J connectivity index is 2.32. The molecule has 0 unspecified atom stereocenters. The van der Waals surface area contributed by atoms with Crippen LogP contribution < -0.4 is 0 Å². The Labute approximate surface area is 105 Å². The third kappa shape index (κ3) is 1.70. The summed E-state index contributed by atoms with van der Waals surface area (Å²) < 4.78 is 13.8. The zero-order valence-corrected chi connectivity index (χ0v) is 10.5. The van der Waals surface area contributed by atoms with Gasteiger partial charge in [-0.1, -0.05) is 11.6 Å². The SMILES string of the molecule is Fc1cc(Cl)c2nc(C3CC3)nc(Br)c2c1. The van der Waals surface area contributed by atoms with Gasteiger partial charge in [-0.05, 0) is 40.9 Å². The molecule has 3 rings (SSSR count). The Hall–Kier alpha value is -0.740. The maximum absolute atomic E-state index is 13.2. The van der Waals surface area contributed by atoms with Crippen molar-refractivity contribution in [3.05, 3.63) is 33.4 Å². The highest BCUT2D eigenvalue weighted by atomic mass is 79.9. The fraction of sp³-hybridized carbons (Fsp3) is 0.273. The van der Waals surface area contributed by atoms with E-state index in [2.05, 4.69) is 25.9 Å². The number of halogens is 3. The van der Waals surface area contributed by atoms with Crippen LogP contribution in [0.3, 0.4) is 0 Å². The second-order valence-electron chi connectivity index (χ2n) is 3.93. The molecule has 1 aromatic carbocycles. The van der Waals surface area contributed by atoms with Crippen molar-refractivity contribution in [1.29, 1.82) is 0 Å². The second-order valence-corrected chi connectivity index (χ2v) is 5.09. The fourth-order valence-corrected chi connectivity index (χ4v) is 2.39. The van der Waals surface area contributed by atoms with Crippen LogP contribution in [0.5, 0.6) is 0 Å². The average molecular weight is 302 g/mol. The normalized spacial score (nSPS) is 15.7. The molecule has 1 aliphatic carbocycles. The predicted octanol–water partition coefficient (Wildman–Crippen LogP) is 4.06. The van der Waals surface area contributed by atoms with Gasteiger partial charge in [0.25, 0.3) is 0 Å². The Bertz CT molecular complexity index is 584. The molecule has 16 heavy (non-hydrogen) atoms. The molecule has 1 saturated carbocycles. The highest BCUT2D eigenvalue weighted by molar-refractivity contribution is 9.10. The van der Waals surface area contributed by atoms with Gasteiger partial charge < -0.3 is 0 Å². The number of aromatic nitrogens is 2. The van der Waals surface area contributed by atoms with Crippen LogP contribution in [0.2, 0.25) is 5.02 Å². The van der Waals surface area contributed by atoms with Crippen molar-refractivity contribution >= 4 is 38.4 Å². The molecule has 0 bridgehead atoms. The molecule has 0 saturated heterocycles. The molecule has 82 valence electrons. The Kier molecular flexibility index (Phi) is 2.37. The van der Waals surface area contributed by atoms with Gasteiger partial charge in [-0.3, -0.25) is 0 Å². The molecule has 1 aliphatic rings. The van der Waals surface area contributed by atoms with Gasteiger partial charge in [0.2, 0.25) is 0 Å². The molecular weight excluding hydrogens is 294 g/mol. The van der Waals surface area contributed by atoms with Gasteiger partial charge >= 0.3 is 0 Å². The smallest absolute Gasteiger partial charge is 0.133 e. The summed E-state index contributed by atoms with van der Waals surface area (Å²) in [4.78, 5) is 8.72. The van der Waals surface area contributed by atoms with E-state index in [1.807, 2.05) is 0 Å². The summed E-state index contributed by atoms with van der Waals surface area (Å²) in [6, 6.07) is 2.67. The zero-order valence-electron chi connectivity index (χ0n) is 8.17. The second kappa shape index (κ2) is 3.64. The topological polar surface area (TPSA) is 25.8 Å². The molecular formula is C11H7BrClFN2. The summed E-state index contributed by atoms with van der Waals surface area (Å²) in [7, 11) is 0. The van der Waals surface area contributed by atoms with Crippen molar-refractivity contribution in [2.24, 2.45) is 0 Å². The first kappa shape index (κ1) is 10.4. The zero-order chi connectivity index (χ0) is 11.3. The van der Waals surface area contributed by atoms with E-state index in [-0.39, 0.29) is 5.82 Å². The van der Waals surface area contributed by atoms with E-state index < -0.39 is 0 Å². The minimum absolute atomic E-state index is 0.333. The maximum atomic E-state index is 13.2. The molecule has 1 aromatic heterocycles. The summed E-state index contributed by atoms with van der Waals surface area (Å²) in [6.07, 6.45) is 2.24. The summed E-state index contributed by atoms with van der Waals surface area (Å²) >= 11 is 9.32. The lowest BCUT2D eigenvalue weighted by Crippen LogP contribution is -1.95. The standard InChI is InChI=1S/C11H7BrClFN2/c12-10-7-3-6(14)4-8(13)9(7)15-11(16-10)5-1-2-5/h3-5H,1-2H2. The van der Waals surface area contributed by atoms with Gasteiger partial charge in [-0.2, -0.15) is 0 Å². The van der Waals surface area contributed by atoms with Crippen LogP contribution in [0.15, 0.2) is 16.7 Å². The minimum atomic E-state index is -0.374. The molecule has 0 atom stereocenters. The lowest BCUT2D eigenvalue weighted by Gasteiger charge is -2.05. The van der Waals surface area contributed by atoms with E-state index in [9.17, 15) is 4.39 Å². The number of fused-ring (bicyclic) bond motifs is 1. The van der Waals surface area contributed by atoms with E-state index in [1.54, 1.807) is 0 Å². The largest absolute Gasteiger partial charge is 0.231 e. The molecule has 2 aromatic rings. The van der Waals surface area contributed by atoms with Crippen LogP contribution >= 0.6 is 27.5 Å². The van der Waals surface area contributed by atoms with Crippen molar-refractivity contribution in [1.82, 2.24) is 9.97 Å². The lowest BCUT2D eigenvalue weighted by molar-refractivity contribution is 0.629. The van der Waals surface area contributed by atoms with Gasteiger partial charge in [0, 0.05) is 11.3 Å². The monoisotopic (exact) mass is 300 g/mol. The number of hydrogen-bond donors (Lipinski definition) is 0. The van der Waals surface area contributed by atoms with E-state index >= 15 is 0 Å². The third-order valence-corrected chi connectivity index (χ3v) is 3.52. The first-order valence-electron chi connectivity index (χ1n) is 4.97. The molecule has 2 nitrogen and oxygen atoms in total. The highest BCUT2D eigenvalue weighted by Crippen LogP contribution is 2.40. The van der Waals surface area contributed by atoms with Crippen LogP contribution in [0, 0.1) is 5.82 Å². The van der Waals surface area contributed by atoms with Crippen LogP contribution in [0.4, 0.5) is 4.39 Å². The molecule has 0 spiro atoms. The van der Waals surface area contributed by atoms with Gasteiger partial charge in [0.05, 0.1) is 10.5 Å². The van der Waals surface area contributed by atoms with Crippen molar-refractivity contribution < 1.29 is 4.39 Å². The predicted molar refractivity (Wildman–Crippen MR) is 64.2 cm³/mol.